The summed E-state index contributed by atoms with van der Waals surface area (Å²) >= 11 is 6.25. The molecule has 1 atom stereocenters. The number of piperidine rings is 1. The summed E-state index contributed by atoms with van der Waals surface area (Å²) in [7, 11) is 5.61. The van der Waals surface area contributed by atoms with Gasteiger partial charge in [-0.3, -0.25) is 4.79 Å². The summed E-state index contributed by atoms with van der Waals surface area (Å²) in [5.41, 5.74) is 0.328. The van der Waals surface area contributed by atoms with E-state index in [0.717, 1.165) is 31.4 Å². The lowest BCUT2D eigenvalue weighted by atomic mass is 9.92. The number of carbonyl (C=O) groups excluding carboxylic acids is 2. The van der Waals surface area contributed by atoms with E-state index in [-0.39, 0.29) is 29.0 Å². The molecule has 2 heterocycles. The van der Waals surface area contributed by atoms with Crippen molar-refractivity contribution in [3.8, 4) is 5.75 Å². The molecule has 0 saturated carbocycles. The molecule has 42 heavy (non-hydrogen) atoms. The van der Waals surface area contributed by atoms with Gasteiger partial charge < -0.3 is 24.6 Å². The number of carbonyl (C=O) groups is 2. The van der Waals surface area contributed by atoms with Crippen LogP contribution in [0, 0.1) is 5.92 Å². The first-order valence-electron chi connectivity index (χ1n) is 14.4. The lowest BCUT2D eigenvalue weighted by Gasteiger charge is -2.33. The number of ether oxygens (including phenoxy) is 1. The highest BCUT2D eigenvalue weighted by Crippen LogP contribution is 2.34. The number of amides is 1. The van der Waals surface area contributed by atoms with E-state index >= 15 is 0 Å². The van der Waals surface area contributed by atoms with Crippen molar-refractivity contribution in [2.75, 3.05) is 45.7 Å². The van der Waals surface area contributed by atoms with Crippen LogP contribution in [0.15, 0.2) is 36.4 Å². The Morgan fingerprint density at radius 3 is 2.33 bits per heavy atom. The van der Waals surface area contributed by atoms with Crippen LogP contribution in [0.1, 0.15) is 75.2 Å². The van der Waals surface area contributed by atoms with Gasteiger partial charge in [0.15, 0.2) is 0 Å². The molecule has 11 heteroatoms. The van der Waals surface area contributed by atoms with E-state index in [9.17, 15) is 22.8 Å². The normalized spacial score (nSPS) is 14.4. The second-order valence-electron chi connectivity index (χ2n) is 10.4. The summed E-state index contributed by atoms with van der Waals surface area (Å²) in [4.78, 5) is 31.5. The Morgan fingerprint density at radius 2 is 1.83 bits per heavy atom. The van der Waals surface area contributed by atoms with Crippen molar-refractivity contribution in [1.82, 2.24) is 15.2 Å². The zero-order valence-electron chi connectivity index (χ0n) is 25.8. The van der Waals surface area contributed by atoms with Crippen LogP contribution in [0.3, 0.4) is 0 Å². The number of benzene rings is 1. The standard InChI is InChI=1S/C19H31ClN4O.C10H9F3O2.C2H6/c1-14(2)21-19(25)16-7-8-17(22-18(16)20)24-12-9-15(10-13-24)6-5-11-23(3)4;1-15-8-4-2-3-7(5-8)9(6-14)10(11,12)13;1-2/h7-8,14-15H,5-6,9-13H2,1-4H3,(H,21,25);2-6,9H,1H3;1-2H3. The van der Waals surface area contributed by atoms with Crippen LogP contribution in [-0.2, 0) is 4.79 Å². The Balaban J connectivity index is 0.000000443. The minimum Gasteiger partial charge on any atom is -0.497 e. The lowest BCUT2D eigenvalue weighted by Crippen LogP contribution is -2.35. The van der Waals surface area contributed by atoms with Gasteiger partial charge in [-0.05, 0) is 95.9 Å². The molecule has 0 spiro atoms. The zero-order chi connectivity index (χ0) is 31.9. The van der Waals surface area contributed by atoms with Gasteiger partial charge in [0.25, 0.3) is 5.91 Å². The van der Waals surface area contributed by atoms with Crippen molar-refractivity contribution < 1.29 is 27.5 Å². The summed E-state index contributed by atoms with van der Waals surface area (Å²) in [6, 6.07) is 9.15. The van der Waals surface area contributed by atoms with Gasteiger partial charge in [-0.15, -0.1) is 0 Å². The van der Waals surface area contributed by atoms with Gasteiger partial charge in [-0.1, -0.05) is 37.6 Å². The number of nitrogens with zero attached hydrogens (tertiary/aromatic N) is 3. The molecule has 1 unspecified atom stereocenters. The molecule has 1 aliphatic heterocycles. The monoisotopic (exact) mass is 614 g/mol. The Bertz CT molecular complexity index is 1090. The van der Waals surface area contributed by atoms with E-state index < -0.39 is 12.1 Å². The topological polar surface area (TPSA) is 74.8 Å². The van der Waals surface area contributed by atoms with Crippen molar-refractivity contribution in [3.05, 3.63) is 52.7 Å². The van der Waals surface area contributed by atoms with Crippen molar-refractivity contribution in [2.24, 2.45) is 5.92 Å². The molecule has 3 rings (SSSR count). The van der Waals surface area contributed by atoms with E-state index in [0.29, 0.717) is 11.3 Å². The molecule has 236 valence electrons. The van der Waals surface area contributed by atoms with Crippen molar-refractivity contribution in [3.63, 3.8) is 0 Å². The third kappa shape index (κ3) is 12.6. The third-order valence-corrected chi connectivity index (χ3v) is 6.88. The number of anilines is 1. The quantitative estimate of drug-likeness (QED) is 0.229. The van der Waals surface area contributed by atoms with Gasteiger partial charge in [0.1, 0.15) is 28.9 Å². The number of rotatable bonds is 10. The molecular weight excluding hydrogens is 569 g/mol. The minimum absolute atomic E-state index is 0.0785. The van der Waals surface area contributed by atoms with E-state index in [1.54, 1.807) is 6.07 Å². The number of methoxy groups -OCH3 is 1. The number of halogens is 4. The first kappa shape index (κ1) is 37.2. The fourth-order valence-corrected chi connectivity index (χ4v) is 4.67. The van der Waals surface area contributed by atoms with Gasteiger partial charge in [-0.2, -0.15) is 13.2 Å². The van der Waals surface area contributed by atoms with E-state index in [2.05, 4.69) is 34.2 Å². The van der Waals surface area contributed by atoms with Crippen molar-refractivity contribution in [1.29, 1.82) is 0 Å². The molecule has 0 radical (unpaired) electrons. The van der Waals surface area contributed by atoms with Gasteiger partial charge >= 0.3 is 6.18 Å². The molecule has 2 aromatic rings. The van der Waals surface area contributed by atoms with Crippen LogP contribution in [-0.4, -0.2) is 75.1 Å². The molecule has 1 aliphatic rings. The number of hydrogen-bond donors (Lipinski definition) is 1. The molecule has 1 saturated heterocycles. The summed E-state index contributed by atoms with van der Waals surface area (Å²) in [5.74, 6) is -0.282. The Kier molecular flexibility index (Phi) is 16.5. The summed E-state index contributed by atoms with van der Waals surface area (Å²) in [5, 5.41) is 3.13. The number of aromatic nitrogens is 1. The maximum atomic E-state index is 12.4. The van der Waals surface area contributed by atoms with Gasteiger partial charge in [-0.25, -0.2) is 4.98 Å². The maximum absolute atomic E-state index is 12.4. The highest BCUT2D eigenvalue weighted by Gasteiger charge is 2.40. The van der Waals surface area contributed by atoms with Gasteiger partial charge in [0, 0.05) is 19.1 Å². The fourth-order valence-electron chi connectivity index (χ4n) is 4.44. The SMILES string of the molecule is CC.CC(C)NC(=O)c1ccc(N2CCC(CCCN(C)C)CC2)nc1Cl.COc1cccc(C(C=O)C(F)(F)F)c1. The minimum atomic E-state index is -4.56. The smallest absolute Gasteiger partial charge is 0.402 e. The lowest BCUT2D eigenvalue weighted by molar-refractivity contribution is -0.155. The van der Waals surface area contributed by atoms with Crippen LogP contribution in [0.2, 0.25) is 5.15 Å². The molecule has 1 aromatic carbocycles. The van der Waals surface area contributed by atoms with Crippen LogP contribution < -0.4 is 15.0 Å². The molecule has 0 bridgehead atoms. The number of nitrogens with one attached hydrogen (secondary N) is 1. The summed E-state index contributed by atoms with van der Waals surface area (Å²) in [6.45, 7) is 11.0. The zero-order valence-corrected chi connectivity index (χ0v) is 26.6. The van der Waals surface area contributed by atoms with Crippen LogP contribution in [0.25, 0.3) is 0 Å². The van der Waals surface area contributed by atoms with Crippen LogP contribution in [0.4, 0.5) is 19.0 Å². The third-order valence-electron chi connectivity index (χ3n) is 6.60. The van der Waals surface area contributed by atoms with E-state index in [1.165, 1.54) is 57.1 Å². The predicted molar refractivity (Wildman–Crippen MR) is 164 cm³/mol. The average Bonchev–Trinajstić information content (AvgIpc) is 2.94. The Hall–Kier alpha value is -2.85. The Labute approximate surface area is 253 Å². The van der Waals surface area contributed by atoms with Crippen LogP contribution >= 0.6 is 11.6 Å². The molecule has 1 aromatic heterocycles. The Morgan fingerprint density at radius 1 is 1.19 bits per heavy atom. The number of pyridine rings is 1. The highest BCUT2D eigenvalue weighted by atomic mass is 35.5. The van der Waals surface area contributed by atoms with Gasteiger partial charge in [0.05, 0.1) is 12.7 Å². The number of aldehydes is 1. The number of hydrogen-bond acceptors (Lipinski definition) is 6. The van der Waals surface area contributed by atoms with Gasteiger partial charge in [0.2, 0.25) is 0 Å². The molecule has 1 N–H and O–H groups in total. The first-order chi connectivity index (χ1) is 19.8. The molecule has 0 aliphatic carbocycles. The largest absolute Gasteiger partial charge is 0.497 e. The average molecular weight is 615 g/mol. The van der Waals surface area contributed by atoms with Crippen molar-refractivity contribution >= 4 is 29.6 Å². The second-order valence-corrected chi connectivity index (χ2v) is 10.8. The van der Waals surface area contributed by atoms with Crippen molar-refractivity contribution in [2.45, 2.75) is 71.5 Å². The molecule has 1 amide bonds. The molecular formula is C31H46ClF3N4O3. The van der Waals surface area contributed by atoms with E-state index in [1.807, 2.05) is 33.8 Å². The summed E-state index contributed by atoms with van der Waals surface area (Å²) in [6.07, 6.45) is 0.281. The molecule has 1 fully saturated rings. The summed E-state index contributed by atoms with van der Waals surface area (Å²) < 4.78 is 41.9. The number of alkyl halides is 3. The van der Waals surface area contributed by atoms with Crippen LogP contribution in [0.5, 0.6) is 5.75 Å². The fraction of sp³-hybridized carbons (Fsp3) is 0.581. The molecule has 7 nitrogen and oxygen atoms in total. The highest BCUT2D eigenvalue weighted by molar-refractivity contribution is 6.32. The first-order valence-corrected chi connectivity index (χ1v) is 14.8. The van der Waals surface area contributed by atoms with E-state index in [4.69, 9.17) is 16.3 Å². The maximum Gasteiger partial charge on any atom is 0.402 e. The predicted octanol–water partition coefficient (Wildman–Crippen LogP) is 7.00. The second kappa shape index (κ2) is 18.6.